The molecule has 0 spiro atoms. The van der Waals surface area contributed by atoms with Gasteiger partial charge in [0, 0.05) is 31.7 Å². The minimum atomic E-state index is -0.431. The van der Waals surface area contributed by atoms with Crippen molar-refractivity contribution in [3.05, 3.63) is 35.9 Å². The second-order valence-electron chi connectivity index (χ2n) is 6.78. The Morgan fingerprint density at radius 2 is 1.82 bits per heavy atom. The molecule has 1 aliphatic heterocycles. The van der Waals surface area contributed by atoms with Gasteiger partial charge < -0.3 is 15.8 Å². The fourth-order valence-electron chi connectivity index (χ4n) is 3.69. The van der Waals surface area contributed by atoms with Crippen molar-refractivity contribution in [2.24, 2.45) is 11.1 Å². The molecule has 3 rings (SSSR count). The highest BCUT2D eigenvalue weighted by Gasteiger charge is 2.42. The molecule has 0 radical (unpaired) electrons. The van der Waals surface area contributed by atoms with Crippen LogP contribution in [-0.2, 0) is 14.9 Å². The van der Waals surface area contributed by atoms with E-state index in [1.165, 1.54) is 12.0 Å². The Kier molecular flexibility index (Phi) is 4.50. The van der Waals surface area contributed by atoms with E-state index in [1.54, 1.807) is 0 Å². The van der Waals surface area contributed by atoms with Crippen LogP contribution >= 0.6 is 0 Å². The standard InChI is InChI=1S/C18H26N2O2/c19-13-17(9-11-22-12-10-17)16(21)20-14-18(7-4-8-18)15-5-2-1-3-6-15/h1-3,5-6H,4,7-14,19H2,(H,20,21). The number of carbonyl (C=O) groups is 1. The lowest BCUT2D eigenvalue weighted by atomic mass is 9.64. The third kappa shape index (κ3) is 2.77. The number of benzene rings is 1. The average Bonchev–Trinajstić information content (AvgIpc) is 2.55. The lowest BCUT2D eigenvalue weighted by Crippen LogP contribution is -2.53. The summed E-state index contributed by atoms with van der Waals surface area (Å²) in [7, 11) is 0. The van der Waals surface area contributed by atoms with E-state index in [2.05, 4.69) is 29.6 Å². The minimum Gasteiger partial charge on any atom is -0.381 e. The molecule has 1 aliphatic carbocycles. The Balaban J connectivity index is 1.67. The number of amides is 1. The number of ether oxygens (including phenoxy) is 1. The monoisotopic (exact) mass is 302 g/mol. The van der Waals surface area contributed by atoms with Gasteiger partial charge in [-0.1, -0.05) is 36.8 Å². The fraction of sp³-hybridized carbons (Fsp3) is 0.611. The van der Waals surface area contributed by atoms with Crippen LogP contribution in [0.5, 0.6) is 0 Å². The lowest BCUT2D eigenvalue weighted by Gasteiger charge is -2.44. The molecule has 4 nitrogen and oxygen atoms in total. The molecule has 2 aliphatic rings. The van der Waals surface area contributed by atoms with E-state index in [9.17, 15) is 4.79 Å². The zero-order chi connectivity index (χ0) is 15.5. The second-order valence-corrected chi connectivity index (χ2v) is 6.78. The van der Waals surface area contributed by atoms with E-state index in [1.807, 2.05) is 6.07 Å². The van der Waals surface area contributed by atoms with Crippen molar-refractivity contribution in [1.82, 2.24) is 5.32 Å². The summed E-state index contributed by atoms with van der Waals surface area (Å²) in [6.07, 6.45) is 4.99. The third-order valence-electron chi connectivity index (χ3n) is 5.61. The highest BCUT2D eigenvalue weighted by Crippen LogP contribution is 2.43. The molecule has 2 fully saturated rings. The van der Waals surface area contributed by atoms with Gasteiger partial charge in [0.1, 0.15) is 0 Å². The van der Waals surface area contributed by atoms with Gasteiger partial charge in [0.25, 0.3) is 0 Å². The predicted octanol–water partition coefficient (Wildman–Crippen LogP) is 1.98. The van der Waals surface area contributed by atoms with Gasteiger partial charge in [-0.05, 0) is 31.2 Å². The highest BCUT2D eigenvalue weighted by molar-refractivity contribution is 5.83. The molecule has 1 amide bonds. The first kappa shape index (κ1) is 15.5. The summed E-state index contributed by atoms with van der Waals surface area (Å²) in [5, 5.41) is 3.21. The van der Waals surface area contributed by atoms with Crippen LogP contribution in [0.4, 0.5) is 0 Å². The maximum Gasteiger partial charge on any atom is 0.227 e. The molecular weight excluding hydrogens is 276 g/mol. The van der Waals surface area contributed by atoms with Gasteiger partial charge in [-0.15, -0.1) is 0 Å². The van der Waals surface area contributed by atoms with Crippen molar-refractivity contribution in [2.45, 2.75) is 37.5 Å². The van der Waals surface area contributed by atoms with E-state index in [4.69, 9.17) is 10.5 Å². The van der Waals surface area contributed by atoms with Crippen molar-refractivity contribution >= 4 is 5.91 Å². The molecule has 120 valence electrons. The number of nitrogens with two attached hydrogens (primary N) is 1. The van der Waals surface area contributed by atoms with Crippen molar-refractivity contribution < 1.29 is 9.53 Å². The van der Waals surface area contributed by atoms with E-state index in [0.717, 1.165) is 32.2 Å². The Hall–Kier alpha value is -1.39. The molecule has 0 bridgehead atoms. The number of nitrogens with one attached hydrogen (secondary N) is 1. The largest absolute Gasteiger partial charge is 0.381 e. The minimum absolute atomic E-state index is 0.112. The first-order chi connectivity index (χ1) is 10.7. The molecule has 22 heavy (non-hydrogen) atoms. The van der Waals surface area contributed by atoms with Crippen molar-refractivity contribution in [2.75, 3.05) is 26.3 Å². The highest BCUT2D eigenvalue weighted by atomic mass is 16.5. The SMILES string of the molecule is NCC1(C(=O)NCC2(c3ccccc3)CCC2)CCOCC1. The third-order valence-corrected chi connectivity index (χ3v) is 5.61. The van der Waals surface area contributed by atoms with Gasteiger partial charge in [-0.2, -0.15) is 0 Å². The van der Waals surface area contributed by atoms with Crippen LogP contribution in [0.3, 0.4) is 0 Å². The van der Waals surface area contributed by atoms with Crippen molar-refractivity contribution in [1.29, 1.82) is 0 Å². The average molecular weight is 302 g/mol. The molecule has 1 saturated heterocycles. The quantitative estimate of drug-likeness (QED) is 0.874. The number of hydrogen-bond donors (Lipinski definition) is 2. The van der Waals surface area contributed by atoms with E-state index in [0.29, 0.717) is 19.8 Å². The van der Waals surface area contributed by atoms with Crippen molar-refractivity contribution in [3.8, 4) is 0 Å². The summed E-state index contributed by atoms with van der Waals surface area (Å²) in [4.78, 5) is 12.7. The van der Waals surface area contributed by atoms with Gasteiger partial charge in [0.2, 0.25) is 5.91 Å². The fourth-order valence-corrected chi connectivity index (χ4v) is 3.69. The Morgan fingerprint density at radius 1 is 1.14 bits per heavy atom. The summed E-state index contributed by atoms with van der Waals surface area (Å²) >= 11 is 0. The first-order valence-corrected chi connectivity index (χ1v) is 8.33. The molecule has 3 N–H and O–H groups in total. The van der Waals surface area contributed by atoms with E-state index >= 15 is 0 Å². The molecule has 0 aromatic heterocycles. The second kappa shape index (κ2) is 6.39. The first-order valence-electron chi connectivity index (χ1n) is 8.33. The van der Waals surface area contributed by atoms with Gasteiger partial charge in [0.05, 0.1) is 5.41 Å². The Labute approximate surface area is 132 Å². The zero-order valence-corrected chi connectivity index (χ0v) is 13.1. The predicted molar refractivity (Wildman–Crippen MR) is 86.5 cm³/mol. The van der Waals surface area contributed by atoms with Crippen LogP contribution in [0.2, 0.25) is 0 Å². The van der Waals surface area contributed by atoms with Crippen LogP contribution < -0.4 is 11.1 Å². The number of hydrogen-bond acceptors (Lipinski definition) is 3. The maximum absolute atomic E-state index is 12.7. The van der Waals surface area contributed by atoms with Crippen LogP contribution in [0.1, 0.15) is 37.7 Å². The zero-order valence-electron chi connectivity index (χ0n) is 13.1. The molecule has 1 heterocycles. The van der Waals surface area contributed by atoms with Crippen LogP contribution in [0, 0.1) is 5.41 Å². The van der Waals surface area contributed by atoms with Gasteiger partial charge in [-0.3, -0.25) is 4.79 Å². The number of carbonyl (C=O) groups excluding carboxylic acids is 1. The van der Waals surface area contributed by atoms with Crippen molar-refractivity contribution in [3.63, 3.8) is 0 Å². The summed E-state index contributed by atoms with van der Waals surface area (Å²) in [6, 6.07) is 10.6. The summed E-state index contributed by atoms with van der Waals surface area (Å²) in [5.41, 5.74) is 6.95. The topological polar surface area (TPSA) is 64.4 Å². The Bertz CT molecular complexity index is 505. The summed E-state index contributed by atoms with van der Waals surface area (Å²) < 4.78 is 5.39. The van der Waals surface area contributed by atoms with Crippen LogP contribution in [-0.4, -0.2) is 32.2 Å². The Morgan fingerprint density at radius 3 is 2.36 bits per heavy atom. The molecule has 0 atom stereocenters. The molecule has 1 aromatic carbocycles. The molecular formula is C18H26N2O2. The van der Waals surface area contributed by atoms with Gasteiger partial charge >= 0.3 is 0 Å². The van der Waals surface area contributed by atoms with Gasteiger partial charge in [0.15, 0.2) is 0 Å². The van der Waals surface area contributed by atoms with E-state index < -0.39 is 5.41 Å². The van der Waals surface area contributed by atoms with Crippen LogP contribution in [0.25, 0.3) is 0 Å². The lowest BCUT2D eigenvalue weighted by molar-refractivity contribution is -0.136. The normalized spacial score (nSPS) is 22.6. The summed E-state index contributed by atoms with van der Waals surface area (Å²) in [5.74, 6) is 0.112. The molecule has 1 saturated carbocycles. The molecule has 0 unspecified atom stereocenters. The molecule has 1 aromatic rings. The van der Waals surface area contributed by atoms with Crippen LogP contribution in [0.15, 0.2) is 30.3 Å². The van der Waals surface area contributed by atoms with Gasteiger partial charge in [-0.25, -0.2) is 0 Å². The smallest absolute Gasteiger partial charge is 0.227 e. The summed E-state index contributed by atoms with van der Waals surface area (Å²) in [6.45, 7) is 2.39. The number of rotatable bonds is 5. The molecule has 4 heteroatoms. The van der Waals surface area contributed by atoms with E-state index in [-0.39, 0.29) is 11.3 Å². The maximum atomic E-state index is 12.7.